The predicted molar refractivity (Wildman–Crippen MR) is 119 cm³/mol. The molecule has 10 heteroatoms. The van der Waals surface area contributed by atoms with E-state index in [0.29, 0.717) is 31.0 Å². The van der Waals surface area contributed by atoms with Crippen LogP contribution in [0.1, 0.15) is 32.0 Å². The number of amides is 1. The number of aryl methyl sites for hydroxylation is 1. The maximum atomic E-state index is 12.4. The molecular weight excluding hydrogens is 416 g/mol. The van der Waals surface area contributed by atoms with E-state index < -0.39 is 29.8 Å². The SMILES string of the molecule is Cc1cnc(NCCc2cccc(OCCNC(=O)OC(C)(C)C)c2)c(=O)n1CC(=O)O. The predicted octanol–water partition coefficient (Wildman–Crippen LogP) is 2.19. The lowest BCUT2D eigenvalue weighted by Gasteiger charge is -2.19. The van der Waals surface area contributed by atoms with Crippen LogP contribution >= 0.6 is 0 Å². The summed E-state index contributed by atoms with van der Waals surface area (Å²) in [5.41, 5.74) is 0.439. The number of hydrogen-bond acceptors (Lipinski definition) is 7. The Bertz CT molecular complexity index is 997. The van der Waals surface area contributed by atoms with Crippen LogP contribution < -0.4 is 20.9 Å². The van der Waals surface area contributed by atoms with Crippen LogP contribution in [0, 0.1) is 6.92 Å². The Hall–Kier alpha value is -3.56. The molecule has 0 saturated heterocycles. The minimum absolute atomic E-state index is 0.109. The lowest BCUT2D eigenvalue weighted by molar-refractivity contribution is -0.137. The van der Waals surface area contributed by atoms with Crippen molar-refractivity contribution in [3.8, 4) is 5.75 Å². The van der Waals surface area contributed by atoms with E-state index in [-0.39, 0.29) is 12.4 Å². The minimum Gasteiger partial charge on any atom is -0.492 e. The zero-order valence-corrected chi connectivity index (χ0v) is 18.8. The average molecular weight is 447 g/mol. The molecule has 174 valence electrons. The zero-order valence-electron chi connectivity index (χ0n) is 18.8. The van der Waals surface area contributed by atoms with Gasteiger partial charge in [-0.05, 0) is 51.8 Å². The van der Waals surface area contributed by atoms with Crippen molar-refractivity contribution in [2.75, 3.05) is 25.0 Å². The van der Waals surface area contributed by atoms with Crippen LogP contribution in [0.15, 0.2) is 35.3 Å². The van der Waals surface area contributed by atoms with Gasteiger partial charge in [-0.3, -0.25) is 14.2 Å². The molecule has 10 nitrogen and oxygen atoms in total. The highest BCUT2D eigenvalue weighted by Gasteiger charge is 2.15. The van der Waals surface area contributed by atoms with E-state index in [1.54, 1.807) is 27.7 Å². The van der Waals surface area contributed by atoms with Gasteiger partial charge in [0.05, 0.1) is 6.54 Å². The first kappa shape index (κ1) is 24.7. The van der Waals surface area contributed by atoms with Gasteiger partial charge in [0.25, 0.3) is 5.56 Å². The Morgan fingerprint density at radius 3 is 2.66 bits per heavy atom. The maximum Gasteiger partial charge on any atom is 0.407 e. The van der Waals surface area contributed by atoms with Crippen molar-refractivity contribution >= 4 is 17.9 Å². The number of ether oxygens (including phenoxy) is 2. The van der Waals surface area contributed by atoms with Crippen molar-refractivity contribution in [2.45, 2.75) is 46.3 Å². The van der Waals surface area contributed by atoms with Crippen molar-refractivity contribution in [2.24, 2.45) is 0 Å². The fourth-order valence-electron chi connectivity index (χ4n) is 2.78. The van der Waals surface area contributed by atoms with Crippen molar-refractivity contribution in [1.29, 1.82) is 0 Å². The Balaban J connectivity index is 1.83. The van der Waals surface area contributed by atoms with Gasteiger partial charge < -0.3 is 25.2 Å². The fraction of sp³-hybridized carbons (Fsp3) is 0.455. The first-order valence-electron chi connectivity index (χ1n) is 10.3. The van der Waals surface area contributed by atoms with E-state index in [1.807, 2.05) is 24.3 Å². The number of rotatable bonds is 10. The first-order chi connectivity index (χ1) is 15.0. The highest BCUT2D eigenvalue weighted by atomic mass is 16.6. The summed E-state index contributed by atoms with van der Waals surface area (Å²) in [5.74, 6) is -0.325. The molecule has 0 fully saturated rings. The maximum absolute atomic E-state index is 12.4. The van der Waals surface area contributed by atoms with E-state index in [9.17, 15) is 14.4 Å². The number of carboxylic acid groups (broad SMARTS) is 1. The van der Waals surface area contributed by atoms with E-state index in [0.717, 1.165) is 10.1 Å². The normalized spacial score (nSPS) is 11.0. The summed E-state index contributed by atoms with van der Waals surface area (Å²) >= 11 is 0. The summed E-state index contributed by atoms with van der Waals surface area (Å²) < 4.78 is 12.0. The molecule has 2 rings (SSSR count). The molecule has 0 aliphatic heterocycles. The van der Waals surface area contributed by atoms with E-state index in [1.165, 1.54) is 6.20 Å². The Kier molecular flexibility index (Phi) is 8.62. The van der Waals surface area contributed by atoms with E-state index in [2.05, 4.69) is 15.6 Å². The molecule has 0 atom stereocenters. The smallest absolute Gasteiger partial charge is 0.407 e. The Morgan fingerprint density at radius 1 is 1.22 bits per heavy atom. The molecule has 0 bridgehead atoms. The summed E-state index contributed by atoms with van der Waals surface area (Å²) in [6.07, 6.45) is 1.57. The van der Waals surface area contributed by atoms with E-state index >= 15 is 0 Å². The molecule has 1 heterocycles. The molecule has 1 amide bonds. The molecule has 0 radical (unpaired) electrons. The number of carbonyl (C=O) groups excluding carboxylic acids is 1. The number of carboxylic acids is 1. The fourth-order valence-corrected chi connectivity index (χ4v) is 2.78. The van der Waals surface area contributed by atoms with Crippen molar-refractivity contribution in [3.63, 3.8) is 0 Å². The minimum atomic E-state index is -1.09. The van der Waals surface area contributed by atoms with Gasteiger partial charge in [-0.15, -0.1) is 0 Å². The van der Waals surface area contributed by atoms with Gasteiger partial charge in [-0.1, -0.05) is 12.1 Å². The first-order valence-corrected chi connectivity index (χ1v) is 10.3. The van der Waals surface area contributed by atoms with Gasteiger partial charge >= 0.3 is 12.1 Å². The van der Waals surface area contributed by atoms with Gasteiger partial charge in [0.2, 0.25) is 0 Å². The Morgan fingerprint density at radius 2 is 1.97 bits per heavy atom. The van der Waals surface area contributed by atoms with Crippen molar-refractivity contribution < 1.29 is 24.2 Å². The number of aliphatic carboxylic acids is 1. The van der Waals surface area contributed by atoms with Crippen LogP contribution in [0.3, 0.4) is 0 Å². The number of anilines is 1. The summed E-state index contributed by atoms with van der Waals surface area (Å²) in [6, 6.07) is 7.48. The van der Waals surface area contributed by atoms with Gasteiger partial charge in [-0.25, -0.2) is 9.78 Å². The lowest BCUT2D eigenvalue weighted by atomic mass is 10.1. The molecule has 0 saturated carbocycles. The standard InChI is InChI=1S/C22H30N4O6/c1-15-13-25-19(20(29)26(15)14-18(27)28)23-9-8-16-6-5-7-17(12-16)31-11-10-24-21(30)32-22(2,3)4/h5-7,12-13H,8-11,14H2,1-4H3,(H,23,25)(H,24,30)(H,27,28). The summed E-state index contributed by atoms with van der Waals surface area (Å²) in [6.45, 7) is 7.64. The molecule has 2 aromatic rings. The summed E-state index contributed by atoms with van der Waals surface area (Å²) in [7, 11) is 0. The molecule has 0 aliphatic carbocycles. The average Bonchev–Trinajstić information content (AvgIpc) is 2.69. The lowest BCUT2D eigenvalue weighted by Crippen LogP contribution is -2.34. The summed E-state index contributed by atoms with van der Waals surface area (Å²) in [5, 5.41) is 14.6. The van der Waals surface area contributed by atoms with Crippen LogP contribution in [-0.2, 0) is 22.5 Å². The van der Waals surface area contributed by atoms with E-state index in [4.69, 9.17) is 14.6 Å². The quantitative estimate of drug-likeness (QED) is 0.473. The van der Waals surface area contributed by atoms with Crippen LogP contribution in [0.2, 0.25) is 0 Å². The second kappa shape index (κ2) is 11.2. The molecule has 0 spiro atoms. The third kappa shape index (κ3) is 8.29. The largest absolute Gasteiger partial charge is 0.492 e. The van der Waals surface area contributed by atoms with Gasteiger partial charge in [0, 0.05) is 18.4 Å². The molecule has 1 aromatic carbocycles. The monoisotopic (exact) mass is 446 g/mol. The number of benzene rings is 1. The van der Waals surface area contributed by atoms with Gasteiger partial charge in [0.15, 0.2) is 5.82 Å². The van der Waals surface area contributed by atoms with Crippen molar-refractivity contribution in [3.05, 3.63) is 52.1 Å². The number of nitrogens with zero attached hydrogens (tertiary/aromatic N) is 2. The van der Waals surface area contributed by atoms with Crippen molar-refractivity contribution in [1.82, 2.24) is 14.9 Å². The number of carbonyl (C=O) groups is 2. The second-order valence-corrected chi connectivity index (χ2v) is 8.13. The number of hydrogen-bond donors (Lipinski definition) is 3. The third-order valence-corrected chi connectivity index (χ3v) is 4.19. The molecule has 3 N–H and O–H groups in total. The number of aromatic nitrogens is 2. The highest BCUT2D eigenvalue weighted by Crippen LogP contribution is 2.14. The van der Waals surface area contributed by atoms with Crippen LogP contribution in [0.25, 0.3) is 0 Å². The highest BCUT2D eigenvalue weighted by molar-refractivity contribution is 5.67. The van der Waals surface area contributed by atoms with Crippen LogP contribution in [-0.4, -0.2) is 52.0 Å². The molecule has 32 heavy (non-hydrogen) atoms. The molecular formula is C22H30N4O6. The van der Waals surface area contributed by atoms with Crippen LogP contribution in [0.5, 0.6) is 5.75 Å². The second-order valence-electron chi connectivity index (χ2n) is 8.13. The van der Waals surface area contributed by atoms with Gasteiger partial charge in [0.1, 0.15) is 24.5 Å². The Labute approximate surface area is 186 Å². The van der Waals surface area contributed by atoms with Gasteiger partial charge in [-0.2, -0.15) is 0 Å². The summed E-state index contributed by atoms with van der Waals surface area (Å²) in [4.78, 5) is 39.1. The third-order valence-electron chi connectivity index (χ3n) is 4.19. The number of alkyl carbamates (subject to hydrolysis) is 1. The molecule has 0 aliphatic rings. The molecule has 0 unspecified atom stereocenters. The molecule has 1 aromatic heterocycles. The van der Waals surface area contributed by atoms with Crippen LogP contribution in [0.4, 0.5) is 10.6 Å². The number of nitrogens with one attached hydrogen (secondary N) is 2. The zero-order chi connectivity index (χ0) is 23.7. The topological polar surface area (TPSA) is 132 Å².